The maximum absolute atomic E-state index is 13.6. The van der Waals surface area contributed by atoms with Gasteiger partial charge in [0.15, 0.2) is 0 Å². The number of amides is 1. The third kappa shape index (κ3) is 7.63. The number of carbonyl (C=O) groups excluding carboxylic acids is 1. The van der Waals surface area contributed by atoms with E-state index >= 15 is 0 Å². The summed E-state index contributed by atoms with van der Waals surface area (Å²) in [4.78, 5) is 18.6. The van der Waals surface area contributed by atoms with Crippen LogP contribution in [0.3, 0.4) is 0 Å². The normalized spacial score (nSPS) is 16.4. The van der Waals surface area contributed by atoms with Gasteiger partial charge in [-0.2, -0.15) is 0 Å². The molecule has 0 spiro atoms. The van der Waals surface area contributed by atoms with E-state index in [9.17, 15) is 14.3 Å². The summed E-state index contributed by atoms with van der Waals surface area (Å²) in [6.07, 6.45) is 4.20. The second-order valence-corrected chi connectivity index (χ2v) is 9.52. The van der Waals surface area contributed by atoms with Gasteiger partial charge in [-0.1, -0.05) is 12.1 Å². The standard InChI is InChI=1S/C26H35FN2O4S/c1-3-4-8-21(30)17-28(12-6-14-32-2)18-26(31)29-13-10-25-23(11-15-34-25)24(29)19-33-22-9-5-7-20(27)16-22/h3,5,7,9,11,15-16,21,24,30H,1,4,6,8,10,12-14,17-19H2,2H3/t21-,24-/m1/s1. The molecule has 1 amide bonds. The van der Waals surface area contributed by atoms with Gasteiger partial charge >= 0.3 is 0 Å². The molecular weight excluding hydrogens is 455 g/mol. The second-order valence-electron chi connectivity index (χ2n) is 8.52. The maximum Gasteiger partial charge on any atom is 0.237 e. The lowest BCUT2D eigenvalue weighted by atomic mass is 10.0. The molecule has 0 radical (unpaired) electrons. The van der Waals surface area contributed by atoms with Crippen molar-refractivity contribution in [3.05, 3.63) is 64.6 Å². The molecule has 1 N–H and O–H groups in total. The maximum atomic E-state index is 13.6. The summed E-state index contributed by atoms with van der Waals surface area (Å²) in [6, 6.07) is 7.87. The van der Waals surface area contributed by atoms with E-state index in [1.807, 2.05) is 15.2 Å². The molecular formula is C26H35FN2O4S. The quantitative estimate of drug-likeness (QED) is 0.320. The first-order valence-electron chi connectivity index (χ1n) is 11.8. The Labute approximate surface area is 205 Å². The summed E-state index contributed by atoms with van der Waals surface area (Å²) in [5, 5.41) is 12.5. The van der Waals surface area contributed by atoms with Crippen LogP contribution in [0.5, 0.6) is 5.75 Å². The highest BCUT2D eigenvalue weighted by molar-refractivity contribution is 7.10. The molecule has 2 heterocycles. The van der Waals surface area contributed by atoms with Crippen molar-refractivity contribution >= 4 is 17.2 Å². The fourth-order valence-electron chi connectivity index (χ4n) is 4.26. The Bertz CT molecular complexity index is 922. The highest BCUT2D eigenvalue weighted by Crippen LogP contribution is 2.34. The molecule has 2 aromatic rings. The van der Waals surface area contributed by atoms with E-state index in [0.29, 0.717) is 38.4 Å². The van der Waals surface area contributed by atoms with Crippen LogP contribution in [0.4, 0.5) is 4.39 Å². The van der Waals surface area contributed by atoms with E-state index in [-0.39, 0.29) is 30.9 Å². The molecule has 0 fully saturated rings. The van der Waals surface area contributed by atoms with Crippen LogP contribution in [0.15, 0.2) is 48.4 Å². The van der Waals surface area contributed by atoms with Crippen molar-refractivity contribution in [3.63, 3.8) is 0 Å². The number of allylic oxidation sites excluding steroid dienone is 1. The molecule has 1 aliphatic rings. The number of aliphatic hydroxyl groups is 1. The molecule has 0 bridgehead atoms. The molecule has 34 heavy (non-hydrogen) atoms. The minimum absolute atomic E-state index is 0.00182. The van der Waals surface area contributed by atoms with E-state index in [4.69, 9.17) is 9.47 Å². The minimum Gasteiger partial charge on any atom is -0.491 e. The third-order valence-corrected chi connectivity index (χ3v) is 6.97. The molecule has 1 aromatic heterocycles. The van der Waals surface area contributed by atoms with Crippen molar-refractivity contribution in [2.75, 3.05) is 46.5 Å². The Morgan fingerprint density at radius 2 is 2.29 bits per heavy atom. The average Bonchev–Trinajstić information content (AvgIpc) is 3.30. The van der Waals surface area contributed by atoms with Crippen LogP contribution in [0.25, 0.3) is 0 Å². The zero-order valence-electron chi connectivity index (χ0n) is 19.8. The predicted molar refractivity (Wildman–Crippen MR) is 133 cm³/mol. The molecule has 1 aliphatic heterocycles. The smallest absolute Gasteiger partial charge is 0.237 e. The molecule has 0 unspecified atom stereocenters. The number of ether oxygens (including phenoxy) is 2. The summed E-state index contributed by atoms with van der Waals surface area (Å²) < 4.78 is 24.7. The molecule has 1 aromatic carbocycles. The summed E-state index contributed by atoms with van der Waals surface area (Å²) in [7, 11) is 1.66. The summed E-state index contributed by atoms with van der Waals surface area (Å²) in [5.41, 5.74) is 1.10. The molecule has 8 heteroatoms. The number of fused-ring (bicyclic) bond motifs is 1. The summed E-state index contributed by atoms with van der Waals surface area (Å²) >= 11 is 1.69. The van der Waals surface area contributed by atoms with Crippen molar-refractivity contribution in [2.45, 2.75) is 37.8 Å². The number of aliphatic hydroxyl groups excluding tert-OH is 1. The van der Waals surface area contributed by atoms with Gasteiger partial charge in [-0.05, 0) is 54.8 Å². The van der Waals surface area contributed by atoms with Crippen LogP contribution < -0.4 is 4.74 Å². The number of nitrogens with zero attached hydrogens (tertiary/aromatic N) is 2. The molecule has 186 valence electrons. The number of thiophene rings is 1. The van der Waals surface area contributed by atoms with Crippen molar-refractivity contribution in [3.8, 4) is 5.75 Å². The van der Waals surface area contributed by atoms with Gasteiger partial charge in [-0.15, -0.1) is 17.9 Å². The lowest BCUT2D eigenvalue weighted by molar-refractivity contribution is -0.136. The molecule has 3 rings (SSSR count). The fraction of sp³-hybridized carbons (Fsp3) is 0.500. The van der Waals surface area contributed by atoms with E-state index in [1.54, 1.807) is 36.7 Å². The van der Waals surface area contributed by atoms with Crippen molar-refractivity contribution in [2.24, 2.45) is 0 Å². The van der Waals surface area contributed by atoms with Crippen molar-refractivity contribution in [1.82, 2.24) is 9.80 Å². The first-order chi connectivity index (χ1) is 16.5. The van der Waals surface area contributed by atoms with Gasteiger partial charge in [-0.25, -0.2) is 4.39 Å². The number of rotatable bonds is 14. The van der Waals surface area contributed by atoms with E-state index < -0.39 is 6.10 Å². The Hall–Kier alpha value is -2.26. The predicted octanol–water partition coefficient (Wildman–Crippen LogP) is 4.06. The van der Waals surface area contributed by atoms with Crippen LogP contribution in [0, 0.1) is 5.82 Å². The van der Waals surface area contributed by atoms with Gasteiger partial charge in [0.05, 0.1) is 18.7 Å². The van der Waals surface area contributed by atoms with E-state index in [0.717, 1.165) is 24.8 Å². The molecule has 2 atom stereocenters. The first kappa shape index (κ1) is 26.3. The first-order valence-corrected chi connectivity index (χ1v) is 12.6. The molecule has 0 saturated heterocycles. The molecule has 0 aliphatic carbocycles. The van der Waals surface area contributed by atoms with E-state index in [2.05, 4.69) is 12.6 Å². The highest BCUT2D eigenvalue weighted by Gasteiger charge is 2.33. The van der Waals surface area contributed by atoms with Crippen LogP contribution in [-0.4, -0.2) is 73.4 Å². The second kappa shape index (κ2) is 13.6. The van der Waals surface area contributed by atoms with Gasteiger partial charge < -0.3 is 19.5 Å². The lowest BCUT2D eigenvalue weighted by Gasteiger charge is -2.37. The Morgan fingerprint density at radius 1 is 1.44 bits per heavy atom. The largest absolute Gasteiger partial charge is 0.491 e. The zero-order chi connectivity index (χ0) is 24.3. The number of benzene rings is 1. The Balaban J connectivity index is 1.70. The van der Waals surface area contributed by atoms with Gasteiger partial charge in [0.1, 0.15) is 18.2 Å². The number of hydrogen-bond donors (Lipinski definition) is 1. The number of methoxy groups -OCH3 is 1. The van der Waals surface area contributed by atoms with E-state index in [1.165, 1.54) is 17.0 Å². The van der Waals surface area contributed by atoms with Gasteiger partial charge in [0.25, 0.3) is 0 Å². The minimum atomic E-state index is -0.523. The van der Waals surface area contributed by atoms with Crippen LogP contribution >= 0.6 is 11.3 Å². The molecule has 6 nitrogen and oxygen atoms in total. The number of hydrogen-bond acceptors (Lipinski definition) is 6. The lowest BCUT2D eigenvalue weighted by Crippen LogP contribution is -2.48. The summed E-state index contributed by atoms with van der Waals surface area (Å²) in [6.45, 7) is 6.47. The highest BCUT2D eigenvalue weighted by atomic mass is 32.1. The van der Waals surface area contributed by atoms with Crippen molar-refractivity contribution < 1.29 is 23.8 Å². The third-order valence-electron chi connectivity index (χ3n) is 5.97. The van der Waals surface area contributed by atoms with Crippen LogP contribution in [0.2, 0.25) is 0 Å². The monoisotopic (exact) mass is 490 g/mol. The Morgan fingerprint density at radius 3 is 3.06 bits per heavy atom. The average molecular weight is 491 g/mol. The van der Waals surface area contributed by atoms with Gasteiger partial charge in [-0.3, -0.25) is 9.69 Å². The molecule has 0 saturated carbocycles. The number of carbonyl (C=O) groups is 1. The van der Waals surface area contributed by atoms with Crippen LogP contribution in [0.1, 0.15) is 35.7 Å². The zero-order valence-corrected chi connectivity index (χ0v) is 20.6. The summed E-state index contributed by atoms with van der Waals surface area (Å²) in [5.74, 6) is 0.0892. The fourth-order valence-corrected chi connectivity index (χ4v) is 5.18. The SMILES string of the molecule is C=CCC[C@@H](O)CN(CCCOC)CC(=O)N1CCc2sccc2[C@H]1COc1cccc(F)c1. The van der Waals surface area contributed by atoms with Gasteiger partial charge in [0, 0.05) is 44.3 Å². The van der Waals surface area contributed by atoms with Crippen LogP contribution in [-0.2, 0) is 16.0 Å². The van der Waals surface area contributed by atoms with Crippen molar-refractivity contribution in [1.29, 1.82) is 0 Å². The number of halogens is 1. The van der Waals surface area contributed by atoms with Gasteiger partial charge in [0.2, 0.25) is 5.91 Å². The Kier molecular flexibility index (Phi) is 10.5. The topological polar surface area (TPSA) is 62.2 Å².